The summed E-state index contributed by atoms with van der Waals surface area (Å²) >= 11 is 0. The minimum absolute atomic E-state index is 0.0844. The Kier molecular flexibility index (Phi) is 3.76. The molecule has 0 saturated carbocycles. The average molecular weight is 258 g/mol. The number of hydrogen-bond donors (Lipinski definition) is 2. The maximum atomic E-state index is 12.7. The lowest BCUT2D eigenvalue weighted by atomic mass is 10.1. The molecular weight excluding hydrogens is 243 g/mol. The molecule has 1 saturated heterocycles. The fourth-order valence-electron chi connectivity index (χ4n) is 1.85. The van der Waals surface area contributed by atoms with E-state index in [2.05, 4.69) is 10.0 Å². The minimum Gasteiger partial charge on any atom is -0.315 e. The van der Waals surface area contributed by atoms with Crippen LogP contribution in [0.25, 0.3) is 0 Å². The molecule has 1 aliphatic rings. The second kappa shape index (κ2) is 5.12. The molecule has 0 aliphatic carbocycles. The molecule has 0 unspecified atom stereocenters. The third kappa shape index (κ3) is 3.24. The van der Waals surface area contributed by atoms with E-state index in [0.29, 0.717) is 6.54 Å². The second-order valence-corrected chi connectivity index (χ2v) is 5.83. The van der Waals surface area contributed by atoms with Gasteiger partial charge >= 0.3 is 0 Å². The lowest BCUT2D eigenvalue weighted by molar-refractivity contribution is 0.428. The summed E-state index contributed by atoms with van der Waals surface area (Å²) in [6, 6.07) is 4.75. The second-order valence-electron chi connectivity index (χ2n) is 4.12. The molecular formula is C11H15FN2O2S. The predicted molar refractivity (Wildman–Crippen MR) is 62.6 cm³/mol. The van der Waals surface area contributed by atoms with E-state index >= 15 is 0 Å². The Morgan fingerprint density at radius 1 is 1.29 bits per heavy atom. The molecule has 4 nitrogen and oxygen atoms in total. The molecule has 0 bridgehead atoms. The Hall–Kier alpha value is -0.980. The summed E-state index contributed by atoms with van der Waals surface area (Å²) in [5.74, 6) is -0.441. The Labute approximate surface area is 100 Å². The average Bonchev–Trinajstić information content (AvgIpc) is 2.30. The van der Waals surface area contributed by atoms with Crippen LogP contribution in [0.1, 0.15) is 12.8 Å². The summed E-state index contributed by atoms with van der Waals surface area (Å²) in [5.41, 5.74) is 0. The van der Waals surface area contributed by atoms with E-state index in [9.17, 15) is 12.8 Å². The van der Waals surface area contributed by atoms with Gasteiger partial charge in [0, 0.05) is 12.6 Å². The number of rotatable bonds is 3. The maximum absolute atomic E-state index is 12.7. The van der Waals surface area contributed by atoms with Crippen molar-refractivity contribution >= 4 is 10.0 Å². The summed E-state index contributed by atoms with van der Waals surface area (Å²) in [6.45, 7) is 1.56. The molecule has 1 aromatic carbocycles. The van der Waals surface area contributed by atoms with Gasteiger partial charge in [-0.2, -0.15) is 0 Å². The summed E-state index contributed by atoms with van der Waals surface area (Å²) in [4.78, 5) is 0.101. The van der Waals surface area contributed by atoms with Crippen LogP contribution in [0.4, 0.5) is 4.39 Å². The Morgan fingerprint density at radius 2 is 2.00 bits per heavy atom. The fourth-order valence-corrected chi connectivity index (χ4v) is 3.12. The van der Waals surface area contributed by atoms with Crippen molar-refractivity contribution in [2.45, 2.75) is 23.8 Å². The number of nitrogens with one attached hydrogen (secondary N) is 2. The van der Waals surface area contributed by atoms with Gasteiger partial charge in [0.2, 0.25) is 10.0 Å². The van der Waals surface area contributed by atoms with Gasteiger partial charge in [0.25, 0.3) is 0 Å². The lowest BCUT2D eigenvalue weighted by Crippen LogP contribution is -2.45. The quantitative estimate of drug-likeness (QED) is 0.845. The highest BCUT2D eigenvalue weighted by molar-refractivity contribution is 7.89. The normalized spacial score (nSPS) is 21.4. The van der Waals surface area contributed by atoms with Gasteiger partial charge in [0.1, 0.15) is 5.82 Å². The minimum atomic E-state index is -3.53. The topological polar surface area (TPSA) is 58.2 Å². The van der Waals surface area contributed by atoms with E-state index in [1.807, 2.05) is 0 Å². The van der Waals surface area contributed by atoms with Gasteiger partial charge in [-0.3, -0.25) is 0 Å². The van der Waals surface area contributed by atoms with E-state index in [-0.39, 0.29) is 10.9 Å². The van der Waals surface area contributed by atoms with Crippen molar-refractivity contribution in [1.29, 1.82) is 0 Å². The van der Waals surface area contributed by atoms with Gasteiger partial charge in [-0.05, 0) is 43.7 Å². The van der Waals surface area contributed by atoms with Crippen molar-refractivity contribution in [1.82, 2.24) is 10.0 Å². The summed E-state index contributed by atoms with van der Waals surface area (Å²) in [5, 5.41) is 3.13. The van der Waals surface area contributed by atoms with Crippen LogP contribution in [0.2, 0.25) is 0 Å². The Morgan fingerprint density at radius 3 is 2.59 bits per heavy atom. The van der Waals surface area contributed by atoms with Gasteiger partial charge in [-0.1, -0.05) is 0 Å². The van der Waals surface area contributed by atoms with Gasteiger partial charge in [-0.25, -0.2) is 17.5 Å². The Bertz CT molecular complexity index is 467. The molecule has 0 radical (unpaired) electrons. The predicted octanol–water partition coefficient (Wildman–Crippen LogP) is 0.856. The largest absolute Gasteiger partial charge is 0.315 e. The molecule has 6 heteroatoms. The first-order chi connectivity index (χ1) is 8.08. The lowest BCUT2D eigenvalue weighted by Gasteiger charge is -2.23. The molecule has 1 aliphatic heterocycles. The first kappa shape index (κ1) is 12.5. The van der Waals surface area contributed by atoms with Crippen molar-refractivity contribution in [2.24, 2.45) is 0 Å². The molecule has 1 heterocycles. The van der Waals surface area contributed by atoms with Gasteiger partial charge in [-0.15, -0.1) is 0 Å². The summed E-state index contributed by atoms with van der Waals surface area (Å²) in [6.07, 6.45) is 1.78. The number of hydrogen-bond acceptors (Lipinski definition) is 3. The van der Waals surface area contributed by atoms with E-state index in [1.54, 1.807) is 0 Å². The van der Waals surface area contributed by atoms with Crippen LogP contribution in [0, 0.1) is 5.82 Å². The molecule has 2 rings (SSSR count). The van der Waals surface area contributed by atoms with Gasteiger partial charge < -0.3 is 5.32 Å². The molecule has 2 N–H and O–H groups in total. The van der Waals surface area contributed by atoms with Crippen molar-refractivity contribution in [3.05, 3.63) is 30.1 Å². The number of benzene rings is 1. The van der Waals surface area contributed by atoms with Crippen molar-refractivity contribution in [3.8, 4) is 0 Å². The molecule has 0 spiro atoms. The SMILES string of the molecule is O=S(=O)(N[C@H]1CCCNC1)c1ccc(F)cc1. The Balaban J connectivity index is 2.10. The first-order valence-electron chi connectivity index (χ1n) is 5.56. The van der Waals surface area contributed by atoms with Crippen LogP contribution < -0.4 is 10.0 Å². The fraction of sp³-hybridized carbons (Fsp3) is 0.455. The van der Waals surface area contributed by atoms with Crippen molar-refractivity contribution in [3.63, 3.8) is 0 Å². The molecule has 0 amide bonds. The number of halogens is 1. The number of sulfonamides is 1. The van der Waals surface area contributed by atoms with Crippen LogP contribution in [-0.4, -0.2) is 27.5 Å². The monoisotopic (exact) mass is 258 g/mol. The van der Waals surface area contributed by atoms with Crippen LogP contribution in [-0.2, 0) is 10.0 Å². The third-order valence-electron chi connectivity index (χ3n) is 2.74. The maximum Gasteiger partial charge on any atom is 0.240 e. The zero-order valence-electron chi connectivity index (χ0n) is 9.32. The highest BCUT2D eigenvalue weighted by atomic mass is 32.2. The molecule has 1 fully saturated rings. The van der Waals surface area contributed by atoms with E-state index in [1.165, 1.54) is 12.1 Å². The van der Waals surface area contributed by atoms with Crippen LogP contribution in [0.5, 0.6) is 0 Å². The van der Waals surface area contributed by atoms with E-state index < -0.39 is 15.8 Å². The smallest absolute Gasteiger partial charge is 0.240 e. The van der Waals surface area contributed by atoms with Crippen molar-refractivity contribution in [2.75, 3.05) is 13.1 Å². The summed E-state index contributed by atoms with van der Waals surface area (Å²) in [7, 11) is -3.53. The highest BCUT2D eigenvalue weighted by Gasteiger charge is 2.21. The highest BCUT2D eigenvalue weighted by Crippen LogP contribution is 2.12. The zero-order valence-corrected chi connectivity index (χ0v) is 10.1. The standard InChI is InChI=1S/C11H15FN2O2S/c12-9-3-5-11(6-4-9)17(15,16)14-10-2-1-7-13-8-10/h3-6,10,13-14H,1-2,7-8H2/t10-/m0/s1. The molecule has 1 atom stereocenters. The third-order valence-corrected chi connectivity index (χ3v) is 4.28. The van der Waals surface area contributed by atoms with Crippen molar-refractivity contribution < 1.29 is 12.8 Å². The molecule has 94 valence electrons. The zero-order chi connectivity index (χ0) is 12.3. The van der Waals surface area contributed by atoms with Crippen LogP contribution in [0.15, 0.2) is 29.2 Å². The first-order valence-corrected chi connectivity index (χ1v) is 7.05. The van der Waals surface area contributed by atoms with Gasteiger partial charge in [0.15, 0.2) is 0 Å². The molecule has 1 aromatic rings. The number of piperidine rings is 1. The van der Waals surface area contributed by atoms with Gasteiger partial charge in [0.05, 0.1) is 4.90 Å². The van der Waals surface area contributed by atoms with Crippen LogP contribution in [0.3, 0.4) is 0 Å². The molecule has 0 aromatic heterocycles. The van der Waals surface area contributed by atoms with E-state index in [4.69, 9.17) is 0 Å². The molecule has 17 heavy (non-hydrogen) atoms. The van der Waals surface area contributed by atoms with Crippen LogP contribution >= 0.6 is 0 Å². The van der Waals surface area contributed by atoms with E-state index in [0.717, 1.165) is 31.5 Å². The summed E-state index contributed by atoms with van der Waals surface area (Å²) < 4.78 is 39.2.